The van der Waals surface area contributed by atoms with Gasteiger partial charge in [0.1, 0.15) is 0 Å². The lowest BCUT2D eigenvalue weighted by Crippen LogP contribution is -2.42. The van der Waals surface area contributed by atoms with Crippen molar-refractivity contribution in [2.75, 3.05) is 13.1 Å². The number of nitrogens with two attached hydrogens (primary N) is 1. The highest BCUT2D eigenvalue weighted by Gasteiger charge is 2.32. The molecule has 1 saturated carbocycles. The molecule has 0 aromatic carbocycles. The Bertz CT molecular complexity index is 323. The van der Waals surface area contributed by atoms with Crippen LogP contribution in [0.4, 0.5) is 0 Å². The molecule has 1 aliphatic carbocycles. The normalized spacial score (nSPS) is 22.8. The van der Waals surface area contributed by atoms with Gasteiger partial charge >= 0.3 is 0 Å². The minimum absolute atomic E-state index is 0.0144. The largest absolute Gasteiger partial charge is 0.340 e. The van der Waals surface area contributed by atoms with Gasteiger partial charge in [-0.3, -0.25) is 4.79 Å². The second-order valence-corrected chi connectivity index (χ2v) is 4.34. The van der Waals surface area contributed by atoms with Crippen LogP contribution in [0.25, 0.3) is 0 Å². The maximum Gasteiger partial charge on any atom is 0.227 e. The Labute approximate surface area is 102 Å². The first-order valence-electron chi connectivity index (χ1n) is 5.99. The van der Waals surface area contributed by atoms with E-state index < -0.39 is 0 Å². The van der Waals surface area contributed by atoms with Crippen LogP contribution in [0.5, 0.6) is 0 Å². The molecule has 17 heavy (non-hydrogen) atoms. The Morgan fingerprint density at radius 2 is 1.82 bits per heavy atom. The van der Waals surface area contributed by atoms with E-state index in [-0.39, 0.29) is 17.9 Å². The summed E-state index contributed by atoms with van der Waals surface area (Å²) in [5.41, 5.74) is 5.90. The summed E-state index contributed by atoms with van der Waals surface area (Å²) in [6, 6.07) is 3.99. The molecule has 0 bridgehead atoms. The maximum absolute atomic E-state index is 12.2. The maximum atomic E-state index is 12.2. The quantitative estimate of drug-likeness (QED) is 0.760. The zero-order valence-corrected chi connectivity index (χ0v) is 9.93. The summed E-state index contributed by atoms with van der Waals surface area (Å²) in [6.45, 7) is 0.806. The van der Waals surface area contributed by atoms with Crippen LogP contribution in [0, 0.1) is 28.6 Å². The van der Waals surface area contributed by atoms with E-state index in [0.717, 1.165) is 19.3 Å². The van der Waals surface area contributed by atoms with Crippen LogP contribution >= 0.6 is 0 Å². The minimum Gasteiger partial charge on any atom is -0.340 e. The van der Waals surface area contributed by atoms with Gasteiger partial charge < -0.3 is 10.6 Å². The number of nitrogens with zero attached hydrogens (tertiary/aromatic N) is 3. The lowest BCUT2D eigenvalue weighted by Gasteiger charge is -2.25. The number of amides is 1. The molecule has 0 saturated heterocycles. The standard InChI is InChI=1S/C12H18N4O/c13-6-2-8-16(9-3-7-14)12(17)10-4-1-5-11(10)15/h10-11H,1-5,8-9,15H2. The molecule has 1 rings (SSSR count). The van der Waals surface area contributed by atoms with Crippen LogP contribution in [-0.4, -0.2) is 29.9 Å². The van der Waals surface area contributed by atoms with Crippen molar-refractivity contribution in [3.63, 3.8) is 0 Å². The Balaban J connectivity index is 2.58. The molecule has 92 valence electrons. The van der Waals surface area contributed by atoms with Crippen LogP contribution in [0.15, 0.2) is 0 Å². The van der Waals surface area contributed by atoms with E-state index in [1.54, 1.807) is 4.90 Å². The van der Waals surface area contributed by atoms with Gasteiger partial charge in [0.15, 0.2) is 0 Å². The highest BCUT2D eigenvalue weighted by molar-refractivity contribution is 5.80. The van der Waals surface area contributed by atoms with Crippen molar-refractivity contribution in [1.29, 1.82) is 10.5 Å². The predicted octanol–water partition coefficient (Wildman–Crippen LogP) is 0.770. The first kappa shape index (κ1) is 13.5. The molecule has 2 unspecified atom stereocenters. The van der Waals surface area contributed by atoms with E-state index in [1.165, 1.54) is 0 Å². The van der Waals surface area contributed by atoms with Crippen molar-refractivity contribution in [2.45, 2.75) is 38.1 Å². The summed E-state index contributed by atoms with van der Waals surface area (Å²) in [5.74, 6) is -0.104. The highest BCUT2D eigenvalue weighted by atomic mass is 16.2. The second kappa shape index (κ2) is 6.88. The molecule has 2 N–H and O–H groups in total. The zero-order chi connectivity index (χ0) is 12.7. The summed E-state index contributed by atoms with van der Waals surface area (Å²) in [6.07, 6.45) is 3.32. The molecule has 1 fully saturated rings. The van der Waals surface area contributed by atoms with Gasteiger partial charge in [0.2, 0.25) is 5.91 Å². The van der Waals surface area contributed by atoms with E-state index in [2.05, 4.69) is 0 Å². The average molecular weight is 234 g/mol. The molecule has 1 amide bonds. The lowest BCUT2D eigenvalue weighted by atomic mass is 10.0. The van der Waals surface area contributed by atoms with E-state index in [4.69, 9.17) is 16.3 Å². The summed E-state index contributed by atoms with van der Waals surface area (Å²) < 4.78 is 0. The number of rotatable bonds is 5. The fourth-order valence-corrected chi connectivity index (χ4v) is 2.23. The fraction of sp³-hybridized carbons (Fsp3) is 0.750. The van der Waals surface area contributed by atoms with E-state index >= 15 is 0 Å². The Hall–Kier alpha value is -1.59. The molecule has 0 aromatic rings. The van der Waals surface area contributed by atoms with Gasteiger partial charge in [-0.15, -0.1) is 0 Å². The third-order valence-electron chi connectivity index (χ3n) is 3.19. The second-order valence-electron chi connectivity index (χ2n) is 4.34. The van der Waals surface area contributed by atoms with Gasteiger partial charge in [-0.2, -0.15) is 10.5 Å². The number of hydrogen-bond acceptors (Lipinski definition) is 4. The van der Waals surface area contributed by atoms with Gasteiger partial charge in [-0.05, 0) is 12.8 Å². The number of carbonyl (C=O) groups is 1. The van der Waals surface area contributed by atoms with Crippen LogP contribution in [0.3, 0.4) is 0 Å². The molecule has 1 aliphatic rings. The van der Waals surface area contributed by atoms with Crippen LogP contribution in [-0.2, 0) is 4.79 Å². The zero-order valence-electron chi connectivity index (χ0n) is 9.93. The number of carbonyl (C=O) groups excluding carboxylic acids is 1. The van der Waals surface area contributed by atoms with E-state index in [1.807, 2.05) is 12.1 Å². The SMILES string of the molecule is N#CCCN(CCC#N)C(=O)C1CCCC1N. The summed E-state index contributed by atoms with van der Waals surface area (Å²) >= 11 is 0. The molecule has 5 nitrogen and oxygen atoms in total. The van der Waals surface area contributed by atoms with Crippen LogP contribution < -0.4 is 5.73 Å². The van der Waals surface area contributed by atoms with Gasteiger partial charge in [-0.1, -0.05) is 6.42 Å². The van der Waals surface area contributed by atoms with Crippen molar-refractivity contribution in [3.8, 4) is 12.1 Å². The van der Waals surface area contributed by atoms with Crippen molar-refractivity contribution in [2.24, 2.45) is 11.7 Å². The third kappa shape index (κ3) is 3.72. The van der Waals surface area contributed by atoms with Crippen molar-refractivity contribution in [3.05, 3.63) is 0 Å². The molecular formula is C12H18N4O. The molecule has 5 heteroatoms. The molecule has 0 radical (unpaired) electrons. The Morgan fingerprint density at radius 1 is 1.24 bits per heavy atom. The lowest BCUT2D eigenvalue weighted by molar-refractivity contribution is -0.135. The van der Waals surface area contributed by atoms with Crippen LogP contribution in [0.1, 0.15) is 32.1 Å². The number of nitriles is 2. The fourth-order valence-electron chi connectivity index (χ4n) is 2.23. The summed E-state index contributed by atoms with van der Waals surface area (Å²) in [5, 5.41) is 17.1. The van der Waals surface area contributed by atoms with Gasteiger partial charge in [0, 0.05) is 19.1 Å². The van der Waals surface area contributed by atoms with Gasteiger partial charge in [-0.25, -0.2) is 0 Å². The van der Waals surface area contributed by atoms with Gasteiger partial charge in [0.25, 0.3) is 0 Å². The first-order chi connectivity index (χ1) is 8.20. The molecule has 0 spiro atoms. The topological polar surface area (TPSA) is 93.9 Å². The predicted molar refractivity (Wildman–Crippen MR) is 62.4 cm³/mol. The monoisotopic (exact) mass is 234 g/mol. The van der Waals surface area contributed by atoms with Crippen molar-refractivity contribution >= 4 is 5.91 Å². The number of hydrogen-bond donors (Lipinski definition) is 1. The summed E-state index contributed by atoms with van der Waals surface area (Å²) in [4.78, 5) is 13.8. The molecule has 0 heterocycles. The first-order valence-corrected chi connectivity index (χ1v) is 5.99. The summed E-state index contributed by atoms with van der Waals surface area (Å²) in [7, 11) is 0. The van der Waals surface area contributed by atoms with Gasteiger partial charge in [0.05, 0.1) is 30.9 Å². The Kier molecular flexibility index (Phi) is 5.45. The average Bonchev–Trinajstić information content (AvgIpc) is 2.75. The van der Waals surface area contributed by atoms with Crippen molar-refractivity contribution in [1.82, 2.24) is 4.90 Å². The molecular weight excluding hydrogens is 216 g/mol. The smallest absolute Gasteiger partial charge is 0.227 e. The minimum atomic E-state index is -0.118. The van der Waals surface area contributed by atoms with E-state index in [9.17, 15) is 4.79 Å². The molecule has 2 atom stereocenters. The Morgan fingerprint density at radius 3 is 2.24 bits per heavy atom. The van der Waals surface area contributed by atoms with Crippen LogP contribution in [0.2, 0.25) is 0 Å². The third-order valence-corrected chi connectivity index (χ3v) is 3.19. The van der Waals surface area contributed by atoms with Crippen molar-refractivity contribution < 1.29 is 4.79 Å². The van der Waals surface area contributed by atoms with E-state index in [0.29, 0.717) is 25.9 Å². The highest BCUT2D eigenvalue weighted by Crippen LogP contribution is 2.26. The molecule has 0 aromatic heterocycles. The molecule has 0 aliphatic heterocycles.